The molecule has 0 unspecified atom stereocenters. The van der Waals surface area contributed by atoms with E-state index < -0.39 is 10.1 Å². The number of nitrogens with one attached hydrogen (secondary N) is 1. The Morgan fingerprint density at radius 3 is 2.26 bits per heavy atom. The number of benzene rings is 3. The maximum absolute atomic E-state index is 13.3. The number of rotatable bonds is 9. The molecule has 0 bridgehead atoms. The fraction of sp³-hybridized carbons (Fsp3) is 0.231. The highest BCUT2D eigenvalue weighted by Crippen LogP contribution is 2.27. The molecule has 3 aromatic carbocycles. The van der Waals surface area contributed by atoms with E-state index in [0.717, 1.165) is 0 Å². The minimum absolute atomic E-state index is 0.0627. The smallest absolute Gasteiger partial charge is 0.339 e. The van der Waals surface area contributed by atoms with Crippen LogP contribution in [0, 0.1) is 0 Å². The zero-order chi connectivity index (χ0) is 25.6. The quantitative estimate of drug-likeness (QED) is 0.380. The van der Waals surface area contributed by atoms with Gasteiger partial charge in [-0.3, -0.25) is 9.59 Å². The fourth-order valence-electron chi connectivity index (χ4n) is 3.41. The Bertz CT molecular complexity index is 1310. The first-order chi connectivity index (χ1) is 16.6. The predicted octanol–water partition coefficient (Wildman–Crippen LogP) is 5.51. The maximum atomic E-state index is 13.3. The Labute approximate surface area is 210 Å². The van der Waals surface area contributed by atoms with Gasteiger partial charge in [0.1, 0.15) is 10.6 Å². The summed E-state index contributed by atoms with van der Waals surface area (Å²) in [4.78, 5) is 26.1. The van der Waals surface area contributed by atoms with Crippen molar-refractivity contribution in [1.29, 1.82) is 0 Å². The molecule has 0 saturated carbocycles. The number of hydrogen-bond donors (Lipinski definition) is 1. The molecule has 0 aromatic heterocycles. The summed E-state index contributed by atoms with van der Waals surface area (Å²) >= 11 is 6.26. The molecule has 1 N–H and O–H groups in total. The minimum atomic E-state index is -4.16. The van der Waals surface area contributed by atoms with E-state index >= 15 is 0 Å². The van der Waals surface area contributed by atoms with Crippen molar-refractivity contribution in [2.75, 3.05) is 5.32 Å². The SMILES string of the molecule is CC[C@@H](C)N(Cc1ccccc1OS(=O)(=O)c1ccc(NC(C)=O)cc1)C(=O)c1ccccc1Cl. The molecular formula is C26H27ClN2O5S. The maximum Gasteiger partial charge on any atom is 0.339 e. The summed E-state index contributed by atoms with van der Waals surface area (Å²) in [5, 5.41) is 2.93. The molecule has 1 atom stereocenters. The van der Waals surface area contributed by atoms with Crippen LogP contribution in [0.1, 0.15) is 43.1 Å². The van der Waals surface area contributed by atoms with Gasteiger partial charge in [0.15, 0.2) is 0 Å². The molecule has 2 amide bonds. The van der Waals surface area contributed by atoms with Gasteiger partial charge in [0.05, 0.1) is 10.6 Å². The van der Waals surface area contributed by atoms with Gasteiger partial charge in [0, 0.05) is 30.8 Å². The largest absolute Gasteiger partial charge is 0.379 e. The summed E-state index contributed by atoms with van der Waals surface area (Å²) in [5.74, 6) is -0.391. The van der Waals surface area contributed by atoms with Gasteiger partial charge in [0.2, 0.25) is 5.91 Å². The van der Waals surface area contributed by atoms with Crippen LogP contribution in [-0.4, -0.2) is 31.2 Å². The first kappa shape index (κ1) is 26.2. The highest BCUT2D eigenvalue weighted by molar-refractivity contribution is 7.87. The molecular weight excluding hydrogens is 488 g/mol. The van der Waals surface area contributed by atoms with Gasteiger partial charge >= 0.3 is 10.1 Å². The summed E-state index contributed by atoms with van der Waals surface area (Å²) in [6.07, 6.45) is 0.693. The Morgan fingerprint density at radius 1 is 1.00 bits per heavy atom. The predicted molar refractivity (Wildman–Crippen MR) is 136 cm³/mol. The van der Waals surface area contributed by atoms with Gasteiger partial charge in [-0.05, 0) is 55.8 Å². The van der Waals surface area contributed by atoms with Gasteiger partial charge in [-0.15, -0.1) is 0 Å². The molecule has 35 heavy (non-hydrogen) atoms. The van der Waals surface area contributed by atoms with Gasteiger partial charge in [-0.1, -0.05) is 48.9 Å². The number of amides is 2. The van der Waals surface area contributed by atoms with Crippen molar-refractivity contribution in [1.82, 2.24) is 4.90 Å². The number of carbonyl (C=O) groups is 2. The van der Waals surface area contributed by atoms with Crippen LogP contribution >= 0.6 is 11.6 Å². The van der Waals surface area contributed by atoms with Crippen molar-refractivity contribution in [3.05, 3.63) is 88.9 Å². The van der Waals surface area contributed by atoms with Crippen LogP contribution < -0.4 is 9.50 Å². The Kier molecular flexibility index (Phi) is 8.53. The lowest BCUT2D eigenvalue weighted by Crippen LogP contribution is -2.38. The number of halogens is 1. The normalized spacial score (nSPS) is 12.0. The van der Waals surface area contributed by atoms with Crippen LogP contribution in [0.3, 0.4) is 0 Å². The summed E-state index contributed by atoms with van der Waals surface area (Å²) in [6, 6.07) is 19.1. The van der Waals surface area contributed by atoms with Crippen molar-refractivity contribution in [2.45, 2.75) is 44.7 Å². The van der Waals surface area contributed by atoms with E-state index in [9.17, 15) is 18.0 Å². The lowest BCUT2D eigenvalue weighted by Gasteiger charge is -2.29. The van der Waals surface area contributed by atoms with Crippen LogP contribution in [0.4, 0.5) is 5.69 Å². The molecule has 0 aliphatic heterocycles. The number of hydrogen-bond acceptors (Lipinski definition) is 5. The second-order valence-corrected chi connectivity index (χ2v) is 9.97. The lowest BCUT2D eigenvalue weighted by atomic mass is 10.1. The third-order valence-corrected chi connectivity index (χ3v) is 7.04. The summed E-state index contributed by atoms with van der Waals surface area (Å²) < 4.78 is 31.4. The molecule has 0 saturated heterocycles. The molecule has 3 aromatic rings. The van der Waals surface area contributed by atoms with E-state index in [4.69, 9.17) is 15.8 Å². The molecule has 0 aliphatic rings. The Hall–Kier alpha value is -3.36. The molecule has 3 rings (SSSR count). The van der Waals surface area contributed by atoms with Gasteiger partial charge < -0.3 is 14.4 Å². The first-order valence-electron chi connectivity index (χ1n) is 11.1. The van der Waals surface area contributed by atoms with Crippen molar-refractivity contribution in [3.8, 4) is 5.75 Å². The van der Waals surface area contributed by atoms with Crippen molar-refractivity contribution in [3.63, 3.8) is 0 Å². The first-order valence-corrected chi connectivity index (χ1v) is 12.9. The molecule has 7 nitrogen and oxygen atoms in total. The molecule has 0 radical (unpaired) electrons. The topological polar surface area (TPSA) is 92.8 Å². The van der Waals surface area contributed by atoms with Gasteiger partial charge in [0.25, 0.3) is 5.91 Å². The van der Waals surface area contributed by atoms with Crippen molar-refractivity contribution < 1.29 is 22.2 Å². The van der Waals surface area contributed by atoms with E-state index in [1.165, 1.54) is 31.2 Å². The third-order valence-electron chi connectivity index (χ3n) is 5.46. The highest BCUT2D eigenvalue weighted by atomic mass is 35.5. The van der Waals surface area contributed by atoms with Crippen LogP contribution in [0.5, 0.6) is 5.75 Å². The number of para-hydroxylation sites is 1. The zero-order valence-corrected chi connectivity index (χ0v) is 21.3. The van der Waals surface area contributed by atoms with Gasteiger partial charge in [-0.2, -0.15) is 8.42 Å². The number of anilines is 1. The Morgan fingerprint density at radius 2 is 1.63 bits per heavy atom. The second kappa shape index (κ2) is 11.4. The zero-order valence-electron chi connectivity index (χ0n) is 19.7. The molecule has 0 fully saturated rings. The van der Waals surface area contributed by atoms with Gasteiger partial charge in [-0.25, -0.2) is 0 Å². The highest BCUT2D eigenvalue weighted by Gasteiger charge is 2.25. The van der Waals surface area contributed by atoms with E-state index in [0.29, 0.717) is 28.3 Å². The lowest BCUT2D eigenvalue weighted by molar-refractivity contribution is -0.114. The van der Waals surface area contributed by atoms with Crippen LogP contribution in [0.25, 0.3) is 0 Å². The molecule has 0 heterocycles. The van der Waals surface area contributed by atoms with E-state index in [1.807, 2.05) is 13.8 Å². The van der Waals surface area contributed by atoms with Crippen molar-refractivity contribution in [2.24, 2.45) is 0 Å². The van der Waals surface area contributed by atoms with Crippen LogP contribution in [0.2, 0.25) is 5.02 Å². The Balaban J connectivity index is 1.89. The monoisotopic (exact) mass is 514 g/mol. The third kappa shape index (κ3) is 6.61. The molecule has 9 heteroatoms. The van der Waals surface area contributed by atoms with E-state index in [-0.39, 0.29) is 35.0 Å². The summed E-state index contributed by atoms with van der Waals surface area (Å²) in [6.45, 7) is 5.39. The van der Waals surface area contributed by atoms with Crippen LogP contribution in [0.15, 0.2) is 77.7 Å². The molecule has 0 spiro atoms. The second-order valence-electron chi connectivity index (χ2n) is 8.02. The van der Waals surface area contributed by atoms with Crippen LogP contribution in [-0.2, 0) is 21.5 Å². The van der Waals surface area contributed by atoms with E-state index in [1.54, 1.807) is 53.4 Å². The minimum Gasteiger partial charge on any atom is -0.379 e. The number of nitrogens with zero attached hydrogens (tertiary/aromatic N) is 1. The standard InChI is InChI=1S/C26H27ClN2O5S/c1-4-18(2)29(26(31)23-10-6-7-11-24(23)27)17-20-9-5-8-12-25(20)34-35(32,33)22-15-13-21(14-16-22)28-19(3)30/h5-16,18H,4,17H2,1-3H3,(H,28,30)/t18-/m1/s1. The fourth-order valence-corrected chi connectivity index (χ4v) is 4.59. The molecule has 0 aliphatic carbocycles. The van der Waals surface area contributed by atoms with Crippen molar-refractivity contribution >= 4 is 39.2 Å². The average molecular weight is 515 g/mol. The summed E-state index contributed by atoms with van der Waals surface area (Å²) in [5.41, 5.74) is 1.38. The average Bonchev–Trinajstić information content (AvgIpc) is 2.82. The summed E-state index contributed by atoms with van der Waals surface area (Å²) in [7, 11) is -4.16. The number of carbonyl (C=O) groups excluding carboxylic acids is 2. The molecule has 184 valence electrons. The van der Waals surface area contributed by atoms with E-state index in [2.05, 4.69) is 5.32 Å².